The van der Waals surface area contributed by atoms with Crippen molar-refractivity contribution < 1.29 is 13.6 Å². The maximum Gasteiger partial charge on any atom is 0.233 e. The zero-order valence-corrected chi connectivity index (χ0v) is 15.6. The highest BCUT2D eigenvalue weighted by Crippen LogP contribution is 2.24. The number of aromatic amines is 1. The van der Waals surface area contributed by atoms with Crippen LogP contribution in [0.25, 0.3) is 11.4 Å². The molecule has 5 nitrogen and oxygen atoms in total. The SMILES string of the molecule is C[C@@H](Sc1n[nH]c(-c2ccccc2F)n1)C(=O)N[C@H](C)c1ccc(F)cc1. The molecule has 140 valence electrons. The Morgan fingerprint density at radius 1 is 1.11 bits per heavy atom. The first-order chi connectivity index (χ1) is 12.9. The maximum absolute atomic E-state index is 13.8. The van der Waals surface area contributed by atoms with Crippen LogP contribution < -0.4 is 5.32 Å². The summed E-state index contributed by atoms with van der Waals surface area (Å²) in [6.07, 6.45) is 0. The molecule has 1 amide bonds. The van der Waals surface area contributed by atoms with Gasteiger partial charge in [-0.3, -0.25) is 9.89 Å². The molecule has 3 aromatic rings. The fraction of sp³-hybridized carbons (Fsp3) is 0.211. The van der Waals surface area contributed by atoms with Gasteiger partial charge in [-0.05, 0) is 43.7 Å². The molecular weight excluding hydrogens is 370 g/mol. The number of carbonyl (C=O) groups excluding carboxylic acids is 1. The smallest absolute Gasteiger partial charge is 0.233 e. The second-order valence-corrected chi connectivity index (χ2v) is 7.30. The first-order valence-electron chi connectivity index (χ1n) is 8.34. The Hall–Kier alpha value is -2.74. The van der Waals surface area contributed by atoms with Crippen LogP contribution in [0.1, 0.15) is 25.5 Å². The van der Waals surface area contributed by atoms with Crippen LogP contribution in [0.2, 0.25) is 0 Å². The number of hydrogen-bond donors (Lipinski definition) is 2. The number of amides is 1. The van der Waals surface area contributed by atoms with Crippen molar-refractivity contribution in [3.8, 4) is 11.4 Å². The van der Waals surface area contributed by atoms with E-state index >= 15 is 0 Å². The summed E-state index contributed by atoms with van der Waals surface area (Å²) in [6, 6.07) is 12.0. The van der Waals surface area contributed by atoms with E-state index in [1.54, 1.807) is 37.3 Å². The molecule has 0 fully saturated rings. The summed E-state index contributed by atoms with van der Waals surface area (Å²) >= 11 is 1.16. The monoisotopic (exact) mass is 388 g/mol. The van der Waals surface area contributed by atoms with Gasteiger partial charge in [-0.25, -0.2) is 13.8 Å². The molecule has 0 aliphatic rings. The second-order valence-electron chi connectivity index (χ2n) is 5.99. The molecular formula is C19H18F2N4OS. The summed E-state index contributed by atoms with van der Waals surface area (Å²) in [5.41, 5.74) is 1.13. The van der Waals surface area contributed by atoms with Crippen LogP contribution in [-0.2, 0) is 4.79 Å². The predicted molar refractivity (Wildman–Crippen MR) is 100 cm³/mol. The van der Waals surface area contributed by atoms with Crippen molar-refractivity contribution in [3.05, 3.63) is 65.7 Å². The van der Waals surface area contributed by atoms with E-state index in [1.807, 2.05) is 6.92 Å². The number of hydrogen-bond acceptors (Lipinski definition) is 4. The normalized spacial score (nSPS) is 13.2. The molecule has 0 saturated carbocycles. The summed E-state index contributed by atoms with van der Waals surface area (Å²) in [7, 11) is 0. The van der Waals surface area contributed by atoms with Gasteiger partial charge < -0.3 is 5.32 Å². The average molecular weight is 388 g/mol. The van der Waals surface area contributed by atoms with Gasteiger partial charge in [-0.1, -0.05) is 36.0 Å². The van der Waals surface area contributed by atoms with Crippen LogP contribution in [0.4, 0.5) is 8.78 Å². The van der Waals surface area contributed by atoms with Crippen molar-refractivity contribution in [1.29, 1.82) is 0 Å². The van der Waals surface area contributed by atoms with E-state index in [9.17, 15) is 13.6 Å². The van der Waals surface area contributed by atoms with Gasteiger partial charge in [-0.2, -0.15) is 0 Å². The third kappa shape index (κ3) is 4.71. The van der Waals surface area contributed by atoms with E-state index in [1.165, 1.54) is 18.2 Å². The van der Waals surface area contributed by atoms with Crippen LogP contribution in [-0.4, -0.2) is 26.3 Å². The predicted octanol–water partition coefficient (Wildman–Crippen LogP) is 4.11. The van der Waals surface area contributed by atoms with Gasteiger partial charge in [0.2, 0.25) is 11.1 Å². The lowest BCUT2D eigenvalue weighted by Crippen LogP contribution is -2.33. The van der Waals surface area contributed by atoms with E-state index in [2.05, 4.69) is 20.5 Å². The molecule has 0 spiro atoms. The lowest BCUT2D eigenvalue weighted by atomic mass is 10.1. The van der Waals surface area contributed by atoms with Crippen molar-refractivity contribution in [2.45, 2.75) is 30.3 Å². The van der Waals surface area contributed by atoms with Crippen molar-refractivity contribution >= 4 is 17.7 Å². The molecule has 0 radical (unpaired) electrons. The van der Waals surface area contributed by atoms with Crippen LogP contribution in [0.3, 0.4) is 0 Å². The highest BCUT2D eigenvalue weighted by molar-refractivity contribution is 8.00. The lowest BCUT2D eigenvalue weighted by molar-refractivity contribution is -0.120. The summed E-state index contributed by atoms with van der Waals surface area (Å²) in [5, 5.41) is 9.50. The summed E-state index contributed by atoms with van der Waals surface area (Å²) < 4.78 is 26.8. The zero-order chi connectivity index (χ0) is 19.4. The Morgan fingerprint density at radius 2 is 1.81 bits per heavy atom. The number of carbonyl (C=O) groups is 1. The van der Waals surface area contributed by atoms with Gasteiger partial charge in [0, 0.05) is 0 Å². The third-order valence-electron chi connectivity index (χ3n) is 3.97. The molecule has 2 aromatic carbocycles. The van der Waals surface area contributed by atoms with Crippen molar-refractivity contribution in [2.75, 3.05) is 0 Å². The Balaban J connectivity index is 1.61. The summed E-state index contributed by atoms with van der Waals surface area (Å²) in [6.45, 7) is 3.56. The standard InChI is InChI=1S/C19H18F2N4OS/c1-11(13-7-9-14(20)10-8-13)22-18(26)12(2)27-19-23-17(24-25-19)15-5-3-4-6-16(15)21/h3-12H,1-2H3,(H,22,26)(H,23,24,25)/t11-,12-/m1/s1. The largest absolute Gasteiger partial charge is 0.349 e. The van der Waals surface area contributed by atoms with E-state index < -0.39 is 11.1 Å². The molecule has 1 aromatic heterocycles. The minimum absolute atomic E-state index is 0.200. The highest BCUT2D eigenvalue weighted by atomic mass is 32.2. The van der Waals surface area contributed by atoms with E-state index in [-0.39, 0.29) is 17.8 Å². The molecule has 2 atom stereocenters. The quantitative estimate of drug-likeness (QED) is 0.624. The Kier molecular flexibility index (Phi) is 5.85. The average Bonchev–Trinajstić information content (AvgIpc) is 3.10. The maximum atomic E-state index is 13.8. The zero-order valence-electron chi connectivity index (χ0n) is 14.7. The van der Waals surface area contributed by atoms with E-state index in [0.29, 0.717) is 16.5 Å². The number of aromatic nitrogens is 3. The van der Waals surface area contributed by atoms with Crippen LogP contribution in [0.15, 0.2) is 53.7 Å². The first kappa shape index (κ1) is 19.0. The summed E-state index contributed by atoms with van der Waals surface area (Å²) in [5.74, 6) is -0.613. The fourth-order valence-electron chi connectivity index (χ4n) is 2.45. The fourth-order valence-corrected chi connectivity index (χ4v) is 3.18. The minimum atomic E-state index is -0.461. The van der Waals surface area contributed by atoms with E-state index in [4.69, 9.17) is 0 Å². The second kappa shape index (κ2) is 8.30. The molecule has 27 heavy (non-hydrogen) atoms. The van der Waals surface area contributed by atoms with Crippen molar-refractivity contribution in [1.82, 2.24) is 20.5 Å². The third-order valence-corrected chi connectivity index (χ3v) is 4.94. The number of benzene rings is 2. The molecule has 0 saturated heterocycles. The van der Waals surface area contributed by atoms with Gasteiger partial charge >= 0.3 is 0 Å². The van der Waals surface area contributed by atoms with E-state index in [0.717, 1.165) is 17.3 Å². The lowest BCUT2D eigenvalue weighted by Gasteiger charge is -2.17. The number of nitrogens with zero attached hydrogens (tertiary/aromatic N) is 2. The molecule has 1 heterocycles. The van der Waals surface area contributed by atoms with Crippen LogP contribution in [0.5, 0.6) is 0 Å². The van der Waals surface area contributed by atoms with Crippen LogP contribution >= 0.6 is 11.8 Å². The van der Waals surface area contributed by atoms with Gasteiger partial charge in [-0.15, -0.1) is 5.10 Å². The number of H-pyrrole nitrogens is 1. The molecule has 2 N–H and O–H groups in total. The van der Waals surface area contributed by atoms with Gasteiger partial charge in [0.1, 0.15) is 11.6 Å². The van der Waals surface area contributed by atoms with Gasteiger partial charge in [0.15, 0.2) is 5.82 Å². The number of nitrogens with one attached hydrogen (secondary N) is 2. The summed E-state index contributed by atoms with van der Waals surface area (Å²) in [4.78, 5) is 16.6. The molecule has 3 rings (SSSR count). The Labute approximate surface area is 159 Å². The molecule has 0 aliphatic heterocycles. The van der Waals surface area contributed by atoms with Crippen LogP contribution in [0, 0.1) is 11.6 Å². The topological polar surface area (TPSA) is 70.7 Å². The van der Waals surface area contributed by atoms with Gasteiger partial charge in [0.25, 0.3) is 0 Å². The van der Waals surface area contributed by atoms with Gasteiger partial charge in [0.05, 0.1) is 16.9 Å². The van der Waals surface area contributed by atoms with Crippen molar-refractivity contribution in [3.63, 3.8) is 0 Å². The number of rotatable bonds is 6. The molecule has 0 aliphatic carbocycles. The molecule has 0 unspecified atom stereocenters. The Morgan fingerprint density at radius 3 is 2.52 bits per heavy atom. The molecule has 8 heteroatoms. The minimum Gasteiger partial charge on any atom is -0.349 e. The number of thioether (sulfide) groups is 1. The molecule has 0 bridgehead atoms. The van der Waals surface area contributed by atoms with Crippen molar-refractivity contribution in [2.24, 2.45) is 0 Å². The first-order valence-corrected chi connectivity index (χ1v) is 9.22. The number of halogens is 2. The Bertz CT molecular complexity index is 929. The highest BCUT2D eigenvalue weighted by Gasteiger charge is 2.20.